The van der Waals surface area contributed by atoms with Crippen LogP contribution in [0.2, 0.25) is 0 Å². The Labute approximate surface area is 125 Å². The molecule has 1 N–H and O–H groups in total. The maximum atomic E-state index is 14.0. The minimum Gasteiger partial charge on any atom is -0.477 e. The predicted octanol–water partition coefficient (Wildman–Crippen LogP) is 4.53. The van der Waals surface area contributed by atoms with Crippen LogP contribution in [0.25, 0.3) is 10.1 Å². The topological polar surface area (TPSA) is 63.6 Å². The van der Waals surface area contributed by atoms with E-state index in [1.807, 2.05) is 0 Å². The molecule has 1 atom stereocenters. The van der Waals surface area contributed by atoms with Crippen LogP contribution >= 0.6 is 35.3 Å². The van der Waals surface area contributed by atoms with E-state index in [0.717, 1.165) is 24.5 Å². The fraction of sp³-hybridized carbons (Fsp3) is 0.182. The fourth-order valence-corrected chi connectivity index (χ4v) is 4.04. The lowest BCUT2D eigenvalue weighted by molar-refractivity contribution is 0.0702. The van der Waals surface area contributed by atoms with E-state index in [0.29, 0.717) is 10.1 Å². The van der Waals surface area contributed by atoms with Crippen molar-refractivity contribution in [1.29, 1.82) is 0 Å². The van der Waals surface area contributed by atoms with Gasteiger partial charge in [-0.3, -0.25) is 4.57 Å². The molecule has 0 amide bonds. The largest absolute Gasteiger partial charge is 0.477 e. The summed E-state index contributed by atoms with van der Waals surface area (Å²) in [4.78, 5) is 10.9. The minimum absolute atomic E-state index is 0.0479. The molecule has 108 valence electrons. The molecular weight excluding hydrogens is 377 g/mol. The average molecular weight is 385 g/mol. The first-order chi connectivity index (χ1) is 9.27. The van der Waals surface area contributed by atoms with Crippen LogP contribution in [0, 0.1) is 0 Å². The molecule has 1 heterocycles. The highest BCUT2D eigenvalue weighted by Crippen LogP contribution is 2.53. The lowest BCUT2D eigenvalue weighted by atomic mass is 10.2. The zero-order valence-corrected chi connectivity index (χ0v) is 13.3. The van der Waals surface area contributed by atoms with E-state index in [-0.39, 0.29) is 9.35 Å². The molecule has 0 radical (unpaired) electrons. The molecule has 1 unspecified atom stereocenters. The van der Waals surface area contributed by atoms with Gasteiger partial charge in [0.1, 0.15) is 4.88 Å². The van der Waals surface area contributed by atoms with Gasteiger partial charge in [0.2, 0.25) is 0 Å². The zero-order chi connectivity index (χ0) is 15.1. The molecule has 0 aliphatic carbocycles. The second-order valence-corrected chi connectivity index (χ2v) is 7.40. The fourth-order valence-electron chi connectivity index (χ4n) is 1.64. The number of alkyl halides is 2. The van der Waals surface area contributed by atoms with Crippen LogP contribution in [0.3, 0.4) is 0 Å². The van der Waals surface area contributed by atoms with Crippen LogP contribution < -0.4 is 0 Å². The maximum Gasteiger partial charge on any atom is 0.345 e. The van der Waals surface area contributed by atoms with Crippen molar-refractivity contribution in [3.63, 3.8) is 0 Å². The number of aromatic carboxylic acids is 1. The molecule has 9 heteroatoms. The second kappa shape index (κ2) is 5.52. The van der Waals surface area contributed by atoms with Gasteiger partial charge in [0.15, 0.2) is 0 Å². The Morgan fingerprint density at radius 3 is 2.65 bits per heavy atom. The normalized spacial score (nSPS) is 13.6. The van der Waals surface area contributed by atoms with Gasteiger partial charge in [0, 0.05) is 21.8 Å². The third-order valence-corrected chi connectivity index (χ3v) is 5.49. The number of hydrogen-bond acceptors (Lipinski definition) is 4. The van der Waals surface area contributed by atoms with Crippen molar-refractivity contribution in [2.45, 2.75) is 5.66 Å². The Kier molecular flexibility index (Phi) is 4.30. The lowest BCUT2D eigenvalue weighted by Crippen LogP contribution is -2.09. The average Bonchev–Trinajstić information content (AvgIpc) is 2.79. The number of fused-ring (bicyclic) bond motifs is 1. The molecule has 0 saturated carbocycles. The van der Waals surface area contributed by atoms with Crippen LogP contribution in [-0.2, 0) is 14.8 Å². The Balaban J connectivity index is 2.63. The van der Waals surface area contributed by atoms with Crippen LogP contribution in [0.4, 0.5) is 8.78 Å². The lowest BCUT2D eigenvalue weighted by Gasteiger charge is -2.16. The monoisotopic (exact) mass is 384 g/mol. The van der Waals surface area contributed by atoms with Crippen LogP contribution in [0.1, 0.15) is 15.2 Å². The second-order valence-electron chi connectivity index (χ2n) is 3.85. The van der Waals surface area contributed by atoms with Gasteiger partial charge in [-0.15, -0.1) is 11.3 Å². The van der Waals surface area contributed by atoms with Gasteiger partial charge in [-0.2, -0.15) is 8.78 Å². The van der Waals surface area contributed by atoms with Gasteiger partial charge >= 0.3 is 11.6 Å². The van der Waals surface area contributed by atoms with E-state index in [2.05, 4.69) is 20.5 Å². The third-order valence-electron chi connectivity index (χ3n) is 2.60. The number of carboxylic acids is 1. The first kappa shape index (κ1) is 15.6. The van der Waals surface area contributed by atoms with Crippen molar-refractivity contribution >= 4 is 51.4 Å². The maximum absolute atomic E-state index is 14.0. The Morgan fingerprint density at radius 2 is 2.10 bits per heavy atom. The molecule has 0 aliphatic rings. The van der Waals surface area contributed by atoms with Gasteiger partial charge in [-0.05, 0) is 23.6 Å². The molecule has 20 heavy (non-hydrogen) atoms. The summed E-state index contributed by atoms with van der Waals surface area (Å²) in [5, 5.41) is 9.42. The molecule has 2 rings (SSSR count). The third kappa shape index (κ3) is 2.65. The Morgan fingerprint density at radius 1 is 1.45 bits per heavy atom. The standard InChI is InChI=1S/C11H8BrF2O4PS/c1-18-19(17)11(13,14)6-4-8-5(2-7(6)12)3-9(20-8)10(15)16/h2-4,19H,1H3,(H,15,16). The highest BCUT2D eigenvalue weighted by atomic mass is 79.9. The molecule has 0 aliphatic heterocycles. The van der Waals surface area contributed by atoms with Crippen LogP contribution in [0.5, 0.6) is 0 Å². The van der Waals surface area contributed by atoms with E-state index in [1.165, 1.54) is 12.1 Å². The highest BCUT2D eigenvalue weighted by molar-refractivity contribution is 9.10. The smallest absolute Gasteiger partial charge is 0.345 e. The summed E-state index contributed by atoms with van der Waals surface area (Å²) < 4.78 is 44.0. The molecule has 0 spiro atoms. The van der Waals surface area contributed by atoms with Crippen molar-refractivity contribution in [2.75, 3.05) is 7.11 Å². The van der Waals surface area contributed by atoms with Gasteiger partial charge in [-0.1, -0.05) is 15.9 Å². The number of hydrogen-bond donors (Lipinski definition) is 1. The van der Waals surface area contributed by atoms with E-state index in [1.54, 1.807) is 0 Å². The number of carbonyl (C=O) groups is 1. The number of carboxylic acid groups (broad SMARTS) is 1. The molecule has 0 fully saturated rings. The molecule has 4 nitrogen and oxygen atoms in total. The molecule has 2 aromatic rings. The summed E-state index contributed by atoms with van der Waals surface area (Å²) in [6, 6.07) is 3.92. The van der Waals surface area contributed by atoms with Gasteiger partial charge < -0.3 is 9.63 Å². The van der Waals surface area contributed by atoms with E-state index < -0.39 is 25.2 Å². The highest BCUT2D eigenvalue weighted by Gasteiger charge is 2.41. The van der Waals surface area contributed by atoms with Crippen LogP contribution in [0.15, 0.2) is 22.7 Å². The van der Waals surface area contributed by atoms with E-state index in [4.69, 9.17) is 5.11 Å². The van der Waals surface area contributed by atoms with Gasteiger partial charge in [0.25, 0.3) is 8.03 Å². The van der Waals surface area contributed by atoms with E-state index in [9.17, 15) is 18.1 Å². The summed E-state index contributed by atoms with van der Waals surface area (Å²) >= 11 is 3.87. The Hall–Kier alpha value is -0.820. The molecule has 0 saturated heterocycles. The molecule has 1 aromatic heterocycles. The Bertz CT molecular complexity index is 716. The number of halogens is 3. The van der Waals surface area contributed by atoms with Crippen molar-refractivity contribution < 1.29 is 27.8 Å². The quantitative estimate of drug-likeness (QED) is 0.786. The summed E-state index contributed by atoms with van der Waals surface area (Å²) in [5.41, 5.74) is -4.10. The van der Waals surface area contributed by atoms with Crippen molar-refractivity contribution in [2.24, 2.45) is 0 Å². The van der Waals surface area contributed by atoms with Crippen molar-refractivity contribution in [3.8, 4) is 0 Å². The predicted molar refractivity (Wildman–Crippen MR) is 76.4 cm³/mol. The first-order valence-electron chi connectivity index (χ1n) is 5.20. The van der Waals surface area contributed by atoms with Crippen molar-refractivity contribution in [1.82, 2.24) is 0 Å². The molecule has 1 aromatic carbocycles. The van der Waals surface area contributed by atoms with Gasteiger partial charge in [0.05, 0.1) is 0 Å². The molecule has 0 bridgehead atoms. The minimum atomic E-state index is -3.63. The number of thiophene rings is 1. The zero-order valence-electron chi connectivity index (χ0n) is 9.95. The van der Waals surface area contributed by atoms with Gasteiger partial charge in [-0.25, -0.2) is 4.79 Å². The molecular formula is C11H8BrF2O4PS. The summed E-state index contributed by atoms with van der Waals surface area (Å²) in [5.74, 6) is -1.12. The first-order valence-corrected chi connectivity index (χ1v) is 8.13. The summed E-state index contributed by atoms with van der Waals surface area (Å²) in [6.45, 7) is 0. The SMILES string of the molecule is CO[PH](=O)C(F)(F)c1cc2sc(C(=O)O)cc2cc1Br. The number of benzene rings is 1. The summed E-state index contributed by atoms with van der Waals surface area (Å²) in [6.07, 6.45) is 0. The van der Waals surface area contributed by atoms with E-state index >= 15 is 0 Å². The summed E-state index contributed by atoms with van der Waals surface area (Å²) in [7, 11) is -2.63. The van der Waals surface area contributed by atoms with Crippen molar-refractivity contribution in [3.05, 3.63) is 33.1 Å². The van der Waals surface area contributed by atoms with Crippen LogP contribution in [-0.4, -0.2) is 18.2 Å². The number of rotatable bonds is 4.